The Bertz CT molecular complexity index is 648. The van der Waals surface area contributed by atoms with Gasteiger partial charge in [-0.2, -0.15) is 5.10 Å². The van der Waals surface area contributed by atoms with Gasteiger partial charge in [0.25, 0.3) is 5.91 Å². The number of phenolic OH excluding ortho intramolecular Hbond substituents is 2. The summed E-state index contributed by atoms with van der Waals surface area (Å²) in [5, 5.41) is 22.5. The first-order valence-electron chi connectivity index (χ1n) is 5.99. The molecule has 0 aliphatic carbocycles. The van der Waals surface area contributed by atoms with Crippen molar-refractivity contribution in [3.05, 3.63) is 59.7 Å². The molecule has 2 aromatic rings. The van der Waals surface area contributed by atoms with Gasteiger partial charge in [-0.25, -0.2) is 5.43 Å². The number of benzene rings is 2. The lowest BCUT2D eigenvalue weighted by molar-refractivity contribution is 0.0955. The van der Waals surface area contributed by atoms with E-state index in [-0.39, 0.29) is 17.4 Å². The van der Waals surface area contributed by atoms with Gasteiger partial charge in [0.1, 0.15) is 11.5 Å². The largest absolute Gasteiger partial charge is 0.508 e. The van der Waals surface area contributed by atoms with Crippen LogP contribution in [0, 0.1) is 0 Å². The van der Waals surface area contributed by atoms with Gasteiger partial charge in [0, 0.05) is 11.1 Å². The number of nitrogens with zero attached hydrogens (tertiary/aromatic N) is 1. The lowest BCUT2D eigenvalue weighted by atomic mass is 10.1. The van der Waals surface area contributed by atoms with Crippen LogP contribution in [-0.2, 0) is 0 Å². The third-order valence-corrected chi connectivity index (χ3v) is 2.72. The molecule has 2 aromatic carbocycles. The minimum Gasteiger partial charge on any atom is -0.508 e. The van der Waals surface area contributed by atoms with E-state index in [9.17, 15) is 9.90 Å². The maximum Gasteiger partial charge on any atom is 0.271 e. The molecule has 0 unspecified atom stereocenters. The Kier molecular flexibility index (Phi) is 4.00. The van der Waals surface area contributed by atoms with Crippen molar-refractivity contribution < 1.29 is 15.0 Å². The molecule has 0 spiro atoms. The van der Waals surface area contributed by atoms with Crippen LogP contribution in [0.4, 0.5) is 0 Å². The van der Waals surface area contributed by atoms with Crippen LogP contribution in [0.25, 0.3) is 0 Å². The first-order chi connectivity index (χ1) is 9.56. The summed E-state index contributed by atoms with van der Waals surface area (Å²) in [6.07, 6.45) is 0. The Balaban J connectivity index is 2.08. The van der Waals surface area contributed by atoms with Crippen LogP contribution in [0.15, 0.2) is 53.6 Å². The zero-order chi connectivity index (χ0) is 14.5. The molecule has 0 aromatic heterocycles. The Morgan fingerprint density at radius 1 is 1.00 bits per heavy atom. The molecule has 5 nitrogen and oxygen atoms in total. The summed E-state index contributed by atoms with van der Waals surface area (Å²) in [5.41, 5.74) is 4.12. The van der Waals surface area contributed by atoms with Crippen LogP contribution in [0.5, 0.6) is 11.5 Å². The Morgan fingerprint density at radius 2 is 1.70 bits per heavy atom. The molecule has 0 radical (unpaired) electrons. The lowest BCUT2D eigenvalue weighted by Crippen LogP contribution is -2.19. The van der Waals surface area contributed by atoms with Crippen molar-refractivity contribution in [3.63, 3.8) is 0 Å². The van der Waals surface area contributed by atoms with Crippen molar-refractivity contribution in [1.29, 1.82) is 0 Å². The number of aromatic hydroxyl groups is 2. The summed E-state index contributed by atoms with van der Waals surface area (Å²) in [6, 6.07) is 12.5. The highest BCUT2D eigenvalue weighted by atomic mass is 16.3. The molecule has 0 aliphatic heterocycles. The fraction of sp³-hybridized carbons (Fsp3) is 0.0667. The summed E-state index contributed by atoms with van der Waals surface area (Å²) in [7, 11) is 0. The predicted octanol–water partition coefficient (Wildman–Crippen LogP) is 2.25. The van der Waals surface area contributed by atoms with E-state index in [1.807, 2.05) is 0 Å². The molecule has 20 heavy (non-hydrogen) atoms. The number of amides is 1. The number of hydrogen-bond acceptors (Lipinski definition) is 4. The molecule has 5 heteroatoms. The van der Waals surface area contributed by atoms with Gasteiger partial charge >= 0.3 is 0 Å². The van der Waals surface area contributed by atoms with E-state index < -0.39 is 0 Å². The third-order valence-electron chi connectivity index (χ3n) is 2.72. The van der Waals surface area contributed by atoms with Gasteiger partial charge in [0.05, 0.1) is 5.71 Å². The first kappa shape index (κ1) is 13.6. The van der Waals surface area contributed by atoms with Crippen LogP contribution in [-0.4, -0.2) is 21.8 Å². The van der Waals surface area contributed by atoms with Gasteiger partial charge in [-0.3, -0.25) is 4.79 Å². The smallest absolute Gasteiger partial charge is 0.271 e. The normalized spacial score (nSPS) is 11.2. The molecule has 0 saturated heterocycles. The highest BCUT2D eigenvalue weighted by Crippen LogP contribution is 2.12. The van der Waals surface area contributed by atoms with E-state index in [0.717, 1.165) is 5.56 Å². The van der Waals surface area contributed by atoms with Gasteiger partial charge < -0.3 is 10.2 Å². The van der Waals surface area contributed by atoms with E-state index in [4.69, 9.17) is 5.11 Å². The van der Waals surface area contributed by atoms with Crippen molar-refractivity contribution in [3.8, 4) is 11.5 Å². The SMILES string of the molecule is C/C(=N/NC(=O)c1ccc(O)cc1)c1cccc(O)c1. The number of carbonyl (C=O) groups is 1. The fourth-order valence-corrected chi connectivity index (χ4v) is 1.61. The molecule has 1 amide bonds. The molecule has 2 rings (SSSR count). The first-order valence-corrected chi connectivity index (χ1v) is 5.99. The van der Waals surface area contributed by atoms with Gasteiger partial charge in [-0.15, -0.1) is 0 Å². The summed E-state index contributed by atoms with van der Waals surface area (Å²) >= 11 is 0. The van der Waals surface area contributed by atoms with Gasteiger partial charge in [0.15, 0.2) is 0 Å². The second kappa shape index (κ2) is 5.88. The minimum absolute atomic E-state index is 0.0981. The molecule has 0 saturated carbocycles. The van der Waals surface area contributed by atoms with E-state index in [0.29, 0.717) is 11.3 Å². The van der Waals surface area contributed by atoms with Crippen LogP contribution in [0.2, 0.25) is 0 Å². The Labute approximate surface area is 116 Å². The van der Waals surface area contributed by atoms with E-state index >= 15 is 0 Å². The predicted molar refractivity (Wildman–Crippen MR) is 75.9 cm³/mol. The number of phenols is 2. The molecule has 0 bridgehead atoms. The summed E-state index contributed by atoms with van der Waals surface area (Å²) < 4.78 is 0. The van der Waals surface area contributed by atoms with Gasteiger partial charge in [-0.05, 0) is 43.3 Å². The standard InChI is InChI=1S/C15H14N2O3/c1-10(12-3-2-4-14(19)9-12)16-17-15(20)11-5-7-13(18)8-6-11/h2-9,18-19H,1H3,(H,17,20)/b16-10-. The van der Waals surface area contributed by atoms with Crippen molar-refractivity contribution in [1.82, 2.24) is 5.43 Å². The molecule has 3 N–H and O–H groups in total. The maximum absolute atomic E-state index is 11.8. The summed E-state index contributed by atoms with van der Waals surface area (Å²) in [5.74, 6) is -0.132. The monoisotopic (exact) mass is 270 g/mol. The van der Waals surface area contributed by atoms with Crippen LogP contribution < -0.4 is 5.43 Å². The zero-order valence-corrected chi connectivity index (χ0v) is 10.9. The number of carbonyl (C=O) groups excluding carboxylic acids is 1. The van der Waals surface area contributed by atoms with E-state index in [2.05, 4.69) is 10.5 Å². The highest BCUT2D eigenvalue weighted by Gasteiger charge is 2.05. The minimum atomic E-state index is -0.371. The Morgan fingerprint density at radius 3 is 2.35 bits per heavy atom. The average Bonchev–Trinajstić information content (AvgIpc) is 2.45. The molecular weight excluding hydrogens is 256 g/mol. The number of rotatable bonds is 3. The summed E-state index contributed by atoms with van der Waals surface area (Å²) in [6.45, 7) is 1.73. The number of hydrazone groups is 1. The van der Waals surface area contributed by atoms with Crippen molar-refractivity contribution in [2.75, 3.05) is 0 Å². The average molecular weight is 270 g/mol. The topological polar surface area (TPSA) is 81.9 Å². The number of hydrogen-bond donors (Lipinski definition) is 3. The van der Waals surface area contributed by atoms with E-state index in [1.54, 1.807) is 31.2 Å². The second-order valence-corrected chi connectivity index (χ2v) is 4.24. The van der Waals surface area contributed by atoms with Crippen LogP contribution in [0.3, 0.4) is 0 Å². The van der Waals surface area contributed by atoms with Crippen LogP contribution in [0.1, 0.15) is 22.8 Å². The van der Waals surface area contributed by atoms with Crippen molar-refractivity contribution >= 4 is 11.6 Å². The second-order valence-electron chi connectivity index (χ2n) is 4.24. The molecular formula is C15H14N2O3. The number of nitrogens with one attached hydrogen (secondary N) is 1. The van der Waals surface area contributed by atoms with E-state index in [1.165, 1.54) is 24.3 Å². The van der Waals surface area contributed by atoms with Crippen molar-refractivity contribution in [2.45, 2.75) is 6.92 Å². The molecule has 0 atom stereocenters. The molecule has 0 heterocycles. The maximum atomic E-state index is 11.8. The fourth-order valence-electron chi connectivity index (χ4n) is 1.61. The van der Waals surface area contributed by atoms with Crippen molar-refractivity contribution in [2.24, 2.45) is 5.10 Å². The summed E-state index contributed by atoms with van der Waals surface area (Å²) in [4.78, 5) is 11.8. The van der Waals surface area contributed by atoms with Gasteiger partial charge in [-0.1, -0.05) is 12.1 Å². The quantitative estimate of drug-likeness (QED) is 0.591. The molecule has 0 aliphatic rings. The molecule has 0 fully saturated rings. The van der Waals surface area contributed by atoms with Gasteiger partial charge in [0.2, 0.25) is 0 Å². The zero-order valence-electron chi connectivity index (χ0n) is 10.9. The Hall–Kier alpha value is -2.82. The van der Waals surface area contributed by atoms with Crippen LogP contribution >= 0.6 is 0 Å². The molecule has 102 valence electrons. The lowest BCUT2D eigenvalue weighted by Gasteiger charge is -2.03. The third kappa shape index (κ3) is 3.35. The highest BCUT2D eigenvalue weighted by molar-refractivity contribution is 6.01.